The van der Waals surface area contributed by atoms with E-state index < -0.39 is 0 Å². The van der Waals surface area contributed by atoms with Crippen LogP contribution in [0.2, 0.25) is 0 Å². The van der Waals surface area contributed by atoms with E-state index in [9.17, 15) is 4.79 Å². The van der Waals surface area contributed by atoms with Crippen molar-refractivity contribution in [3.63, 3.8) is 0 Å². The van der Waals surface area contributed by atoms with Gasteiger partial charge in [0.2, 0.25) is 0 Å². The lowest BCUT2D eigenvalue weighted by molar-refractivity contribution is 0.561. The van der Waals surface area contributed by atoms with Gasteiger partial charge in [-0.05, 0) is 43.5 Å². The van der Waals surface area contributed by atoms with Gasteiger partial charge in [0, 0.05) is 5.69 Å². The van der Waals surface area contributed by atoms with Crippen LogP contribution in [0.15, 0.2) is 12.1 Å². The standard InChI is InChI=1S/C10H12NO/c1-7-4-9(3)10(11-6-12)5-8(7)2/h4-5H,1-3H3,(H,11,12). The summed E-state index contributed by atoms with van der Waals surface area (Å²) in [6.45, 7) is 6.04. The zero-order valence-electron chi connectivity index (χ0n) is 7.56. The summed E-state index contributed by atoms with van der Waals surface area (Å²) < 4.78 is 0. The Hall–Kier alpha value is -1.31. The first-order valence-electron chi connectivity index (χ1n) is 3.86. The highest BCUT2D eigenvalue weighted by molar-refractivity contribution is 5.74. The van der Waals surface area contributed by atoms with Crippen LogP contribution in [0, 0.1) is 20.8 Å². The van der Waals surface area contributed by atoms with Crippen molar-refractivity contribution in [3.05, 3.63) is 28.8 Å². The highest BCUT2D eigenvalue weighted by Gasteiger charge is 1.99. The summed E-state index contributed by atoms with van der Waals surface area (Å²) in [4.78, 5) is 10.1. The molecule has 0 spiro atoms. The Morgan fingerprint density at radius 3 is 2.25 bits per heavy atom. The van der Waals surface area contributed by atoms with Crippen LogP contribution < -0.4 is 5.32 Å². The van der Waals surface area contributed by atoms with Crippen LogP contribution in [0.5, 0.6) is 0 Å². The third-order valence-electron chi connectivity index (χ3n) is 2.03. The third kappa shape index (κ3) is 1.64. The second kappa shape index (κ2) is 3.39. The molecule has 2 nitrogen and oxygen atoms in total. The normalized spacial score (nSPS) is 9.58. The number of rotatable bonds is 2. The fourth-order valence-electron chi connectivity index (χ4n) is 1.15. The van der Waals surface area contributed by atoms with Gasteiger partial charge in [0.05, 0.1) is 0 Å². The number of hydrogen-bond donors (Lipinski definition) is 1. The largest absolute Gasteiger partial charge is 0.318 e. The van der Waals surface area contributed by atoms with E-state index in [0.717, 1.165) is 11.3 Å². The predicted octanol–water partition coefficient (Wildman–Crippen LogP) is 2.09. The zero-order valence-corrected chi connectivity index (χ0v) is 7.56. The molecule has 0 fully saturated rings. The summed E-state index contributed by atoms with van der Waals surface area (Å²) in [7, 11) is 0. The van der Waals surface area contributed by atoms with Crippen LogP contribution in [0.3, 0.4) is 0 Å². The lowest BCUT2D eigenvalue weighted by atomic mass is 10.1. The van der Waals surface area contributed by atoms with E-state index >= 15 is 0 Å². The number of benzene rings is 1. The van der Waals surface area contributed by atoms with Gasteiger partial charge in [0.15, 0.2) is 0 Å². The Kier molecular flexibility index (Phi) is 2.48. The van der Waals surface area contributed by atoms with Crippen molar-refractivity contribution in [2.45, 2.75) is 20.8 Å². The van der Waals surface area contributed by atoms with Crippen molar-refractivity contribution < 1.29 is 4.79 Å². The molecule has 0 aliphatic carbocycles. The van der Waals surface area contributed by atoms with Crippen LogP contribution in [0.4, 0.5) is 5.69 Å². The van der Waals surface area contributed by atoms with Crippen molar-refractivity contribution in [2.24, 2.45) is 0 Å². The number of aryl methyl sites for hydroxylation is 3. The minimum Gasteiger partial charge on any atom is -0.318 e. The van der Waals surface area contributed by atoms with Crippen molar-refractivity contribution in [3.8, 4) is 0 Å². The number of amides is 1. The molecule has 1 aromatic carbocycles. The molecule has 0 saturated heterocycles. The SMILES string of the molecule is Cc1cc(C)c(N[C]=O)cc1C. The van der Waals surface area contributed by atoms with Crippen LogP contribution >= 0.6 is 0 Å². The minimum absolute atomic E-state index is 0.841. The molecular formula is C10H12NO. The Bertz CT molecular complexity index is 305. The van der Waals surface area contributed by atoms with E-state index in [-0.39, 0.29) is 0 Å². The summed E-state index contributed by atoms with van der Waals surface area (Å²) >= 11 is 0. The maximum absolute atomic E-state index is 10.1. The van der Waals surface area contributed by atoms with Gasteiger partial charge < -0.3 is 5.32 Å². The first kappa shape index (κ1) is 8.78. The third-order valence-corrected chi connectivity index (χ3v) is 2.03. The highest BCUT2D eigenvalue weighted by atomic mass is 16.1. The molecule has 0 aromatic heterocycles. The smallest absolute Gasteiger partial charge is 0.314 e. The van der Waals surface area contributed by atoms with Crippen molar-refractivity contribution in [2.75, 3.05) is 5.32 Å². The molecule has 2 heteroatoms. The maximum atomic E-state index is 10.1. The second-order valence-corrected chi connectivity index (χ2v) is 2.98. The molecular weight excluding hydrogens is 150 g/mol. The molecule has 0 heterocycles. The zero-order chi connectivity index (χ0) is 9.14. The van der Waals surface area contributed by atoms with Crippen LogP contribution in [0.25, 0.3) is 0 Å². The maximum Gasteiger partial charge on any atom is 0.314 e. The Labute approximate surface area is 72.6 Å². The van der Waals surface area contributed by atoms with Gasteiger partial charge in [0.1, 0.15) is 0 Å². The Balaban J connectivity index is 3.13. The lowest BCUT2D eigenvalue weighted by Crippen LogP contribution is -1.97. The minimum atomic E-state index is 0.841. The van der Waals surface area contributed by atoms with Crippen molar-refractivity contribution >= 4 is 12.1 Å². The Morgan fingerprint density at radius 1 is 1.08 bits per heavy atom. The van der Waals surface area contributed by atoms with Gasteiger partial charge in [-0.1, -0.05) is 6.07 Å². The number of carbonyl (C=O) groups excluding carboxylic acids is 1. The van der Waals surface area contributed by atoms with E-state index in [1.165, 1.54) is 11.1 Å². The van der Waals surface area contributed by atoms with Crippen molar-refractivity contribution in [1.82, 2.24) is 0 Å². The number of hydrogen-bond acceptors (Lipinski definition) is 1. The van der Waals surface area contributed by atoms with E-state index in [4.69, 9.17) is 0 Å². The lowest BCUT2D eigenvalue weighted by Gasteiger charge is -2.07. The average Bonchev–Trinajstić information content (AvgIpc) is 2.01. The van der Waals surface area contributed by atoms with Gasteiger partial charge >= 0.3 is 6.41 Å². The van der Waals surface area contributed by atoms with E-state index in [1.54, 1.807) is 6.41 Å². The number of anilines is 1. The van der Waals surface area contributed by atoms with Gasteiger partial charge in [-0.2, -0.15) is 0 Å². The van der Waals surface area contributed by atoms with Gasteiger partial charge in [0.25, 0.3) is 0 Å². The summed E-state index contributed by atoms with van der Waals surface area (Å²) in [6, 6.07) is 4.00. The Morgan fingerprint density at radius 2 is 1.67 bits per heavy atom. The van der Waals surface area contributed by atoms with Gasteiger partial charge in [-0.3, -0.25) is 4.79 Å². The fourth-order valence-corrected chi connectivity index (χ4v) is 1.15. The molecule has 1 N–H and O–H groups in total. The molecule has 1 amide bonds. The van der Waals surface area contributed by atoms with E-state index in [0.29, 0.717) is 0 Å². The highest BCUT2D eigenvalue weighted by Crippen LogP contribution is 2.18. The van der Waals surface area contributed by atoms with Gasteiger partial charge in [-0.25, -0.2) is 0 Å². The molecule has 12 heavy (non-hydrogen) atoms. The van der Waals surface area contributed by atoms with Crippen LogP contribution in [-0.2, 0) is 4.79 Å². The van der Waals surface area contributed by atoms with Crippen molar-refractivity contribution in [1.29, 1.82) is 0 Å². The quantitative estimate of drug-likeness (QED) is 0.663. The first-order valence-corrected chi connectivity index (χ1v) is 3.86. The van der Waals surface area contributed by atoms with Gasteiger partial charge in [-0.15, -0.1) is 0 Å². The molecule has 63 valence electrons. The molecule has 0 unspecified atom stereocenters. The molecule has 0 aliphatic heterocycles. The first-order chi connectivity index (χ1) is 5.65. The summed E-state index contributed by atoms with van der Waals surface area (Å²) in [6.07, 6.45) is 1.67. The van der Waals surface area contributed by atoms with E-state index in [2.05, 4.69) is 18.3 Å². The molecule has 1 radical (unpaired) electrons. The average molecular weight is 162 g/mol. The molecule has 1 rings (SSSR count). The van der Waals surface area contributed by atoms with E-state index in [1.807, 2.05) is 19.9 Å². The summed E-state index contributed by atoms with van der Waals surface area (Å²) in [5, 5.41) is 2.54. The second-order valence-electron chi connectivity index (χ2n) is 2.98. The van der Waals surface area contributed by atoms with Crippen LogP contribution in [-0.4, -0.2) is 6.41 Å². The monoisotopic (exact) mass is 162 g/mol. The summed E-state index contributed by atoms with van der Waals surface area (Å²) in [5.41, 5.74) is 4.33. The number of nitrogens with one attached hydrogen (secondary N) is 1. The predicted molar refractivity (Wildman–Crippen MR) is 50.0 cm³/mol. The molecule has 0 aliphatic rings. The molecule has 0 bridgehead atoms. The molecule has 0 saturated carbocycles. The molecule has 0 atom stereocenters. The summed E-state index contributed by atoms with van der Waals surface area (Å²) in [5.74, 6) is 0. The topological polar surface area (TPSA) is 29.1 Å². The molecule has 1 aromatic rings. The fraction of sp³-hybridized carbons (Fsp3) is 0.300. The van der Waals surface area contributed by atoms with Crippen LogP contribution in [0.1, 0.15) is 16.7 Å².